The van der Waals surface area contributed by atoms with Crippen molar-refractivity contribution in [3.05, 3.63) is 46.4 Å². The molecule has 0 aromatic carbocycles. The number of thiophene rings is 1. The van der Waals surface area contributed by atoms with Crippen LogP contribution in [0.4, 0.5) is 0 Å². The molecular weight excluding hydrogens is 248 g/mol. The molecule has 0 radical (unpaired) electrons. The second-order valence-electron chi connectivity index (χ2n) is 4.06. The number of amides is 1. The third-order valence-corrected chi connectivity index (χ3v) is 3.42. The van der Waals surface area contributed by atoms with Crippen LogP contribution in [0.5, 0.6) is 0 Å². The Kier molecular flexibility index (Phi) is 3.94. The van der Waals surface area contributed by atoms with Crippen LogP contribution in [0.1, 0.15) is 33.5 Å². The topological polar surface area (TPSA) is 62.0 Å². The number of aromatic nitrogens is 1. The number of hydrogen-bond donors (Lipinski definition) is 2. The largest absolute Gasteiger partial charge is 0.357 e. The van der Waals surface area contributed by atoms with Gasteiger partial charge in [0, 0.05) is 18.7 Å². The van der Waals surface area contributed by atoms with Gasteiger partial charge in [-0.3, -0.25) is 9.59 Å². The first-order valence-electron chi connectivity index (χ1n) is 5.68. The van der Waals surface area contributed by atoms with E-state index < -0.39 is 0 Å². The molecule has 0 bridgehead atoms. The lowest BCUT2D eigenvalue weighted by atomic mass is 10.1. The van der Waals surface area contributed by atoms with Gasteiger partial charge in [-0.2, -0.15) is 0 Å². The van der Waals surface area contributed by atoms with Crippen molar-refractivity contribution in [2.75, 3.05) is 0 Å². The summed E-state index contributed by atoms with van der Waals surface area (Å²) in [5.74, 6) is -0.129. The van der Waals surface area contributed by atoms with Crippen molar-refractivity contribution in [3.8, 4) is 0 Å². The number of Topliss-reactive ketones (excluding diaryl/α,β-unsaturated/α-hetero) is 1. The van der Waals surface area contributed by atoms with Gasteiger partial charge in [0.25, 0.3) is 5.91 Å². The smallest absolute Gasteiger partial charge is 0.267 e. The summed E-state index contributed by atoms with van der Waals surface area (Å²) in [5.41, 5.74) is 0.505. The summed E-state index contributed by atoms with van der Waals surface area (Å²) < 4.78 is 0. The normalized spacial score (nSPS) is 12.1. The molecule has 5 heteroatoms. The summed E-state index contributed by atoms with van der Waals surface area (Å²) in [5, 5.41) is 4.66. The zero-order valence-electron chi connectivity index (χ0n) is 9.97. The molecule has 4 nitrogen and oxygen atoms in total. The van der Waals surface area contributed by atoms with E-state index >= 15 is 0 Å². The lowest BCUT2D eigenvalue weighted by molar-refractivity contribution is 0.0916. The number of carbonyl (C=O) groups is 2. The Labute approximate surface area is 109 Å². The first-order valence-corrected chi connectivity index (χ1v) is 6.55. The number of H-pyrrole nitrogens is 1. The lowest BCUT2D eigenvalue weighted by Gasteiger charge is -2.11. The highest BCUT2D eigenvalue weighted by Gasteiger charge is 2.15. The molecule has 1 amide bonds. The van der Waals surface area contributed by atoms with Crippen molar-refractivity contribution < 1.29 is 9.59 Å². The number of ketones is 1. The Bertz CT molecular complexity index is 469. The van der Waals surface area contributed by atoms with Gasteiger partial charge in [0.05, 0.1) is 4.88 Å². The van der Waals surface area contributed by atoms with Crippen molar-refractivity contribution in [2.24, 2.45) is 0 Å². The summed E-state index contributed by atoms with van der Waals surface area (Å²) in [4.78, 5) is 27.1. The van der Waals surface area contributed by atoms with Gasteiger partial charge in [0.15, 0.2) is 5.78 Å². The van der Waals surface area contributed by atoms with Crippen LogP contribution in [0.2, 0.25) is 0 Å². The summed E-state index contributed by atoms with van der Waals surface area (Å²) in [7, 11) is 0. The molecule has 2 aromatic rings. The molecule has 2 heterocycles. The molecule has 0 saturated carbocycles. The van der Waals surface area contributed by atoms with Crippen molar-refractivity contribution in [1.82, 2.24) is 10.3 Å². The van der Waals surface area contributed by atoms with Crippen molar-refractivity contribution in [2.45, 2.75) is 19.4 Å². The maximum absolute atomic E-state index is 11.8. The fourth-order valence-electron chi connectivity index (χ4n) is 1.64. The van der Waals surface area contributed by atoms with Crippen LogP contribution in [0.25, 0.3) is 0 Å². The molecule has 1 atom stereocenters. The van der Waals surface area contributed by atoms with Gasteiger partial charge in [-0.1, -0.05) is 6.07 Å². The molecule has 2 rings (SSSR count). The van der Waals surface area contributed by atoms with Gasteiger partial charge < -0.3 is 10.3 Å². The van der Waals surface area contributed by atoms with Crippen LogP contribution in [0.3, 0.4) is 0 Å². The summed E-state index contributed by atoms with van der Waals surface area (Å²) in [6, 6.07) is 6.92. The van der Waals surface area contributed by atoms with Crippen LogP contribution in [-0.2, 0) is 0 Å². The number of nitrogens with one attached hydrogen (secondary N) is 2. The fraction of sp³-hybridized carbons (Fsp3) is 0.231. The highest BCUT2D eigenvalue weighted by atomic mass is 32.1. The lowest BCUT2D eigenvalue weighted by Crippen LogP contribution is -2.34. The summed E-state index contributed by atoms with van der Waals surface area (Å²) in [6.07, 6.45) is 2.00. The van der Waals surface area contributed by atoms with Gasteiger partial charge in [-0.25, -0.2) is 0 Å². The van der Waals surface area contributed by atoms with Gasteiger partial charge >= 0.3 is 0 Å². The second kappa shape index (κ2) is 5.64. The third-order valence-electron chi connectivity index (χ3n) is 2.51. The third kappa shape index (κ3) is 3.07. The molecule has 2 N–H and O–H groups in total. The van der Waals surface area contributed by atoms with E-state index in [9.17, 15) is 9.59 Å². The quantitative estimate of drug-likeness (QED) is 0.813. The minimum atomic E-state index is -0.188. The van der Waals surface area contributed by atoms with E-state index in [0.29, 0.717) is 12.1 Å². The average Bonchev–Trinajstić information content (AvgIpc) is 3.02. The molecule has 0 aliphatic carbocycles. The predicted molar refractivity (Wildman–Crippen MR) is 71.0 cm³/mol. The molecule has 0 spiro atoms. The molecule has 0 aliphatic rings. The van der Waals surface area contributed by atoms with Crippen LogP contribution < -0.4 is 5.32 Å². The molecule has 0 saturated heterocycles. The summed E-state index contributed by atoms with van der Waals surface area (Å²) >= 11 is 1.42. The Hall–Kier alpha value is -1.88. The van der Waals surface area contributed by atoms with Gasteiger partial charge in [-0.15, -0.1) is 11.3 Å². The number of hydrogen-bond acceptors (Lipinski definition) is 3. The maximum Gasteiger partial charge on any atom is 0.267 e. The van der Waals surface area contributed by atoms with E-state index in [1.54, 1.807) is 24.4 Å². The predicted octanol–water partition coefficient (Wildman–Crippen LogP) is 2.47. The second-order valence-corrected chi connectivity index (χ2v) is 5.01. The Morgan fingerprint density at radius 3 is 2.83 bits per heavy atom. The van der Waals surface area contributed by atoms with E-state index in [2.05, 4.69) is 10.3 Å². The SMILES string of the molecule is CC(CC(=O)c1cccs1)NC(=O)c1ccc[nH]1. The minimum absolute atomic E-state index is 0.0595. The van der Waals surface area contributed by atoms with Crippen LogP contribution in [0.15, 0.2) is 35.8 Å². The first-order chi connectivity index (χ1) is 8.66. The summed E-state index contributed by atoms with van der Waals surface area (Å²) in [6.45, 7) is 1.83. The van der Waals surface area contributed by atoms with Crippen molar-refractivity contribution in [3.63, 3.8) is 0 Å². The van der Waals surface area contributed by atoms with E-state index in [4.69, 9.17) is 0 Å². The fourth-order valence-corrected chi connectivity index (χ4v) is 2.32. The number of aromatic amines is 1. The number of rotatable bonds is 5. The van der Waals surface area contributed by atoms with E-state index in [0.717, 1.165) is 4.88 Å². The van der Waals surface area contributed by atoms with Crippen LogP contribution >= 0.6 is 11.3 Å². The first kappa shape index (κ1) is 12.6. The van der Waals surface area contributed by atoms with Gasteiger partial charge in [0.1, 0.15) is 5.69 Å². The zero-order valence-corrected chi connectivity index (χ0v) is 10.8. The highest BCUT2D eigenvalue weighted by Crippen LogP contribution is 2.12. The van der Waals surface area contributed by atoms with E-state index in [1.807, 2.05) is 18.4 Å². The van der Waals surface area contributed by atoms with Crippen molar-refractivity contribution in [1.29, 1.82) is 0 Å². The van der Waals surface area contributed by atoms with Crippen molar-refractivity contribution >= 4 is 23.0 Å². The van der Waals surface area contributed by atoms with Crippen LogP contribution in [-0.4, -0.2) is 22.7 Å². The highest BCUT2D eigenvalue weighted by molar-refractivity contribution is 7.12. The Morgan fingerprint density at radius 2 is 2.22 bits per heavy atom. The molecule has 94 valence electrons. The van der Waals surface area contributed by atoms with Gasteiger partial charge in [0.2, 0.25) is 0 Å². The van der Waals surface area contributed by atoms with Gasteiger partial charge in [-0.05, 0) is 30.5 Å². The maximum atomic E-state index is 11.8. The molecule has 0 aliphatic heterocycles. The molecule has 2 aromatic heterocycles. The minimum Gasteiger partial charge on any atom is -0.357 e. The average molecular weight is 262 g/mol. The molecular formula is C13H14N2O2S. The molecule has 0 fully saturated rings. The molecule has 1 unspecified atom stereocenters. The van der Waals surface area contributed by atoms with E-state index in [-0.39, 0.29) is 17.7 Å². The standard InChI is InChI=1S/C13H14N2O2S/c1-9(8-11(16)12-5-3-7-18-12)15-13(17)10-4-2-6-14-10/h2-7,9,14H,8H2,1H3,(H,15,17). The molecule has 18 heavy (non-hydrogen) atoms. The van der Waals surface area contributed by atoms with E-state index in [1.165, 1.54) is 11.3 Å². The Morgan fingerprint density at radius 1 is 1.39 bits per heavy atom. The van der Waals surface area contributed by atoms with Crippen LogP contribution in [0, 0.1) is 0 Å². The monoisotopic (exact) mass is 262 g/mol. The zero-order chi connectivity index (χ0) is 13.0. The number of carbonyl (C=O) groups excluding carboxylic acids is 2. The Balaban J connectivity index is 1.87.